The molecule has 4 nitrogen and oxygen atoms in total. The van der Waals surface area contributed by atoms with Crippen LogP contribution < -0.4 is 0 Å². The van der Waals surface area contributed by atoms with Gasteiger partial charge in [0, 0.05) is 24.6 Å². The molecule has 0 aromatic heterocycles. The molecule has 2 aliphatic rings. The Kier molecular flexibility index (Phi) is 4.29. The van der Waals surface area contributed by atoms with Crippen molar-refractivity contribution in [2.24, 2.45) is 0 Å². The highest BCUT2D eigenvalue weighted by molar-refractivity contribution is 7.99. The van der Waals surface area contributed by atoms with E-state index in [1.807, 2.05) is 6.07 Å². The largest absolute Gasteiger partial charge is 0.480 e. The minimum atomic E-state index is -0.721. The van der Waals surface area contributed by atoms with Crippen LogP contribution in [0.2, 0.25) is 0 Å². The van der Waals surface area contributed by atoms with Crippen LogP contribution in [-0.4, -0.2) is 53.2 Å². The SMILES string of the molecule is O=C(O)C1CSCCN1CC1OCCc2ccccc21. The summed E-state index contributed by atoms with van der Waals surface area (Å²) in [5, 5.41) is 9.34. The third-order valence-corrected chi connectivity index (χ3v) is 5.04. The van der Waals surface area contributed by atoms with E-state index >= 15 is 0 Å². The summed E-state index contributed by atoms with van der Waals surface area (Å²) in [6.07, 6.45) is 0.954. The van der Waals surface area contributed by atoms with Crippen molar-refractivity contribution in [1.29, 1.82) is 0 Å². The highest BCUT2D eigenvalue weighted by Crippen LogP contribution is 2.29. The number of fused-ring (bicyclic) bond motifs is 1. The van der Waals surface area contributed by atoms with Crippen LogP contribution in [0.25, 0.3) is 0 Å². The lowest BCUT2D eigenvalue weighted by Crippen LogP contribution is -2.49. The van der Waals surface area contributed by atoms with Gasteiger partial charge in [-0.05, 0) is 17.5 Å². The van der Waals surface area contributed by atoms with Crippen molar-refractivity contribution >= 4 is 17.7 Å². The van der Waals surface area contributed by atoms with Gasteiger partial charge in [0.15, 0.2) is 0 Å². The normalized spacial score (nSPS) is 27.0. The van der Waals surface area contributed by atoms with Gasteiger partial charge < -0.3 is 9.84 Å². The Hall–Kier alpha value is -1.04. The lowest BCUT2D eigenvalue weighted by Gasteiger charge is -2.36. The second-order valence-electron chi connectivity index (χ2n) is 5.23. The van der Waals surface area contributed by atoms with Crippen molar-refractivity contribution < 1.29 is 14.6 Å². The fourth-order valence-electron chi connectivity index (χ4n) is 2.92. The van der Waals surface area contributed by atoms with E-state index in [1.54, 1.807) is 11.8 Å². The number of aliphatic carboxylic acids is 1. The average molecular weight is 293 g/mol. The summed E-state index contributed by atoms with van der Waals surface area (Å²) in [5.41, 5.74) is 2.56. The zero-order valence-electron chi connectivity index (χ0n) is 11.3. The molecule has 5 heteroatoms. The minimum absolute atomic E-state index is 0.00454. The van der Waals surface area contributed by atoms with E-state index in [1.165, 1.54) is 11.1 Å². The molecule has 1 aromatic rings. The number of benzene rings is 1. The van der Waals surface area contributed by atoms with Crippen LogP contribution in [0.5, 0.6) is 0 Å². The maximum atomic E-state index is 11.4. The van der Waals surface area contributed by atoms with Crippen molar-refractivity contribution in [1.82, 2.24) is 4.90 Å². The van der Waals surface area contributed by atoms with Crippen LogP contribution >= 0.6 is 11.8 Å². The van der Waals surface area contributed by atoms with E-state index in [4.69, 9.17) is 4.74 Å². The zero-order chi connectivity index (χ0) is 13.9. The van der Waals surface area contributed by atoms with Gasteiger partial charge in [-0.25, -0.2) is 0 Å². The predicted molar refractivity (Wildman–Crippen MR) is 79.2 cm³/mol. The van der Waals surface area contributed by atoms with Crippen molar-refractivity contribution in [3.63, 3.8) is 0 Å². The predicted octanol–water partition coefficient (Wildman–Crippen LogP) is 1.80. The van der Waals surface area contributed by atoms with E-state index in [0.717, 1.165) is 25.3 Å². The zero-order valence-corrected chi connectivity index (χ0v) is 12.1. The van der Waals surface area contributed by atoms with E-state index in [0.29, 0.717) is 12.3 Å². The minimum Gasteiger partial charge on any atom is -0.480 e. The molecule has 0 aliphatic carbocycles. The van der Waals surface area contributed by atoms with Crippen molar-refractivity contribution in [2.45, 2.75) is 18.6 Å². The Morgan fingerprint density at radius 2 is 2.30 bits per heavy atom. The van der Waals surface area contributed by atoms with Gasteiger partial charge in [-0.3, -0.25) is 9.69 Å². The van der Waals surface area contributed by atoms with Gasteiger partial charge in [-0.15, -0.1) is 0 Å². The number of carboxylic acids is 1. The van der Waals surface area contributed by atoms with Crippen LogP contribution in [0.4, 0.5) is 0 Å². The van der Waals surface area contributed by atoms with E-state index in [-0.39, 0.29) is 12.1 Å². The van der Waals surface area contributed by atoms with E-state index in [2.05, 4.69) is 23.1 Å². The first-order valence-electron chi connectivity index (χ1n) is 6.99. The first-order chi connectivity index (χ1) is 9.75. The second kappa shape index (κ2) is 6.16. The summed E-state index contributed by atoms with van der Waals surface area (Å²) in [6.45, 7) is 2.22. The molecule has 1 aromatic carbocycles. The molecule has 1 saturated heterocycles. The first-order valence-corrected chi connectivity index (χ1v) is 8.15. The molecule has 1 fully saturated rings. The Balaban J connectivity index is 1.76. The third kappa shape index (κ3) is 2.85. The summed E-state index contributed by atoms with van der Waals surface area (Å²) in [6, 6.07) is 7.95. The Labute approximate surface area is 123 Å². The molecule has 3 rings (SSSR count). The summed E-state index contributed by atoms with van der Waals surface area (Å²) >= 11 is 1.72. The van der Waals surface area contributed by atoms with Crippen LogP contribution in [-0.2, 0) is 16.0 Å². The Bertz CT molecular complexity index is 494. The van der Waals surface area contributed by atoms with Crippen LogP contribution in [0, 0.1) is 0 Å². The van der Waals surface area contributed by atoms with Crippen molar-refractivity contribution in [2.75, 3.05) is 31.2 Å². The highest BCUT2D eigenvalue weighted by atomic mass is 32.2. The fourth-order valence-corrected chi connectivity index (χ4v) is 4.03. The number of nitrogens with zero attached hydrogens (tertiary/aromatic N) is 1. The molecule has 2 heterocycles. The number of carboxylic acid groups (broad SMARTS) is 1. The molecule has 0 radical (unpaired) electrons. The molecule has 0 amide bonds. The quantitative estimate of drug-likeness (QED) is 0.921. The molecular formula is C15H19NO3S. The number of carbonyl (C=O) groups is 1. The topological polar surface area (TPSA) is 49.8 Å². The lowest BCUT2D eigenvalue weighted by atomic mass is 9.97. The molecular weight excluding hydrogens is 274 g/mol. The van der Waals surface area contributed by atoms with Gasteiger partial charge in [0.05, 0.1) is 12.7 Å². The Morgan fingerprint density at radius 1 is 1.45 bits per heavy atom. The fraction of sp³-hybridized carbons (Fsp3) is 0.533. The third-order valence-electron chi connectivity index (χ3n) is 4.02. The number of rotatable bonds is 3. The second-order valence-corrected chi connectivity index (χ2v) is 6.38. The first kappa shape index (κ1) is 13.9. The molecule has 0 saturated carbocycles. The molecule has 2 aliphatic heterocycles. The number of thioether (sulfide) groups is 1. The molecule has 2 unspecified atom stereocenters. The van der Waals surface area contributed by atoms with Gasteiger partial charge in [-0.1, -0.05) is 24.3 Å². The van der Waals surface area contributed by atoms with Gasteiger partial charge in [0.25, 0.3) is 0 Å². The standard InChI is InChI=1S/C15H19NO3S/c17-15(18)13-10-20-8-6-16(13)9-14-12-4-2-1-3-11(12)5-7-19-14/h1-4,13-14H,5-10H2,(H,17,18). The molecule has 108 valence electrons. The molecule has 0 bridgehead atoms. The molecule has 0 spiro atoms. The smallest absolute Gasteiger partial charge is 0.321 e. The highest BCUT2D eigenvalue weighted by Gasteiger charge is 2.32. The van der Waals surface area contributed by atoms with Gasteiger partial charge in [0.2, 0.25) is 0 Å². The number of hydrogen-bond donors (Lipinski definition) is 1. The number of hydrogen-bond acceptors (Lipinski definition) is 4. The summed E-state index contributed by atoms with van der Waals surface area (Å²) in [5.74, 6) is 0.947. The summed E-state index contributed by atoms with van der Waals surface area (Å²) in [4.78, 5) is 13.4. The van der Waals surface area contributed by atoms with Crippen molar-refractivity contribution in [3.8, 4) is 0 Å². The summed E-state index contributed by atoms with van der Waals surface area (Å²) in [7, 11) is 0. The maximum Gasteiger partial charge on any atom is 0.321 e. The van der Waals surface area contributed by atoms with Crippen LogP contribution in [0.1, 0.15) is 17.2 Å². The van der Waals surface area contributed by atoms with E-state index < -0.39 is 5.97 Å². The van der Waals surface area contributed by atoms with Gasteiger partial charge in [-0.2, -0.15) is 11.8 Å². The average Bonchev–Trinajstić information content (AvgIpc) is 2.48. The van der Waals surface area contributed by atoms with Crippen LogP contribution in [0.15, 0.2) is 24.3 Å². The maximum absolute atomic E-state index is 11.4. The Morgan fingerprint density at radius 3 is 3.15 bits per heavy atom. The van der Waals surface area contributed by atoms with Crippen molar-refractivity contribution in [3.05, 3.63) is 35.4 Å². The number of ether oxygens (including phenoxy) is 1. The molecule has 1 N–H and O–H groups in total. The van der Waals surface area contributed by atoms with Gasteiger partial charge >= 0.3 is 5.97 Å². The molecule has 20 heavy (non-hydrogen) atoms. The monoisotopic (exact) mass is 293 g/mol. The lowest BCUT2D eigenvalue weighted by molar-refractivity contribution is -0.143. The summed E-state index contributed by atoms with van der Waals surface area (Å²) < 4.78 is 5.89. The van der Waals surface area contributed by atoms with Crippen LogP contribution in [0.3, 0.4) is 0 Å². The van der Waals surface area contributed by atoms with Gasteiger partial charge in [0.1, 0.15) is 6.04 Å². The molecule has 2 atom stereocenters. The van der Waals surface area contributed by atoms with E-state index in [9.17, 15) is 9.90 Å².